The van der Waals surface area contributed by atoms with Gasteiger partial charge in [0.05, 0.1) is 19.4 Å². The summed E-state index contributed by atoms with van der Waals surface area (Å²) in [6, 6.07) is 9.26. The van der Waals surface area contributed by atoms with Crippen molar-refractivity contribution < 1.29 is 18.7 Å². The van der Waals surface area contributed by atoms with Gasteiger partial charge in [0.15, 0.2) is 17.3 Å². The van der Waals surface area contributed by atoms with Crippen molar-refractivity contribution in [2.75, 3.05) is 13.7 Å². The van der Waals surface area contributed by atoms with Crippen LogP contribution in [0.1, 0.15) is 41.5 Å². The molecule has 0 saturated heterocycles. The molecule has 0 unspecified atom stereocenters. The monoisotopic (exact) mass is 380 g/mol. The van der Waals surface area contributed by atoms with Crippen LogP contribution in [0.3, 0.4) is 0 Å². The molecule has 2 aromatic heterocycles. The zero-order valence-electron chi connectivity index (χ0n) is 16.4. The van der Waals surface area contributed by atoms with E-state index in [0.29, 0.717) is 42.5 Å². The molecule has 6 heteroatoms. The number of aromatic nitrogens is 2. The van der Waals surface area contributed by atoms with Crippen molar-refractivity contribution in [1.82, 2.24) is 9.97 Å². The van der Waals surface area contributed by atoms with Crippen LogP contribution in [0.4, 0.5) is 0 Å². The van der Waals surface area contributed by atoms with E-state index in [0.717, 1.165) is 23.2 Å². The highest BCUT2D eigenvalue weighted by atomic mass is 16.5. The standard InChI is InChI=1S/C22H24N2O4/c1-4-12-27-20-13-16(7-10-19(20)26-3)22-24-17(14-28-22)8-9-18(25)21-15(2)6-5-11-23-21/h5-7,10-11,13-14H,4,8-9,12H2,1-3H3. The number of hydrogen-bond donors (Lipinski definition) is 0. The third-order valence-corrected chi connectivity index (χ3v) is 4.31. The van der Waals surface area contributed by atoms with E-state index in [1.54, 1.807) is 19.6 Å². The molecule has 0 radical (unpaired) electrons. The number of ether oxygens (including phenoxy) is 2. The van der Waals surface area contributed by atoms with Crippen LogP contribution in [0.25, 0.3) is 11.5 Å². The second kappa shape index (κ2) is 9.17. The lowest BCUT2D eigenvalue weighted by molar-refractivity contribution is 0.0977. The number of hydrogen-bond acceptors (Lipinski definition) is 6. The Balaban J connectivity index is 1.70. The van der Waals surface area contributed by atoms with E-state index >= 15 is 0 Å². The Labute approximate surface area is 164 Å². The predicted molar refractivity (Wildman–Crippen MR) is 106 cm³/mol. The summed E-state index contributed by atoms with van der Waals surface area (Å²) < 4.78 is 16.7. The van der Waals surface area contributed by atoms with E-state index in [2.05, 4.69) is 9.97 Å². The second-order valence-corrected chi connectivity index (χ2v) is 6.45. The topological polar surface area (TPSA) is 74.5 Å². The average Bonchev–Trinajstić information content (AvgIpc) is 3.19. The van der Waals surface area contributed by atoms with Crippen molar-refractivity contribution in [2.24, 2.45) is 0 Å². The summed E-state index contributed by atoms with van der Waals surface area (Å²) in [5.41, 5.74) is 2.92. The van der Waals surface area contributed by atoms with Gasteiger partial charge in [-0.15, -0.1) is 0 Å². The second-order valence-electron chi connectivity index (χ2n) is 6.45. The van der Waals surface area contributed by atoms with Gasteiger partial charge in [-0.25, -0.2) is 4.98 Å². The zero-order valence-corrected chi connectivity index (χ0v) is 16.4. The minimum atomic E-state index is 0.00218. The molecule has 6 nitrogen and oxygen atoms in total. The van der Waals surface area contributed by atoms with Gasteiger partial charge in [0.1, 0.15) is 12.0 Å². The first-order valence-electron chi connectivity index (χ1n) is 9.32. The summed E-state index contributed by atoms with van der Waals surface area (Å²) >= 11 is 0. The molecule has 0 bridgehead atoms. The molecule has 0 aliphatic heterocycles. The molecule has 0 atom stereocenters. The van der Waals surface area contributed by atoms with Gasteiger partial charge in [-0.1, -0.05) is 13.0 Å². The number of Topliss-reactive ketones (excluding diaryl/α,β-unsaturated/α-hetero) is 1. The molecule has 0 saturated carbocycles. The van der Waals surface area contributed by atoms with Crippen molar-refractivity contribution in [3.63, 3.8) is 0 Å². The van der Waals surface area contributed by atoms with Crippen LogP contribution in [0.5, 0.6) is 11.5 Å². The van der Waals surface area contributed by atoms with E-state index in [9.17, 15) is 4.79 Å². The maximum atomic E-state index is 12.4. The summed E-state index contributed by atoms with van der Waals surface area (Å²) in [6.45, 7) is 4.53. The van der Waals surface area contributed by atoms with Gasteiger partial charge in [0.25, 0.3) is 0 Å². The van der Waals surface area contributed by atoms with Gasteiger partial charge < -0.3 is 13.9 Å². The van der Waals surface area contributed by atoms with E-state index in [4.69, 9.17) is 13.9 Å². The molecule has 0 amide bonds. The molecule has 28 heavy (non-hydrogen) atoms. The molecule has 0 N–H and O–H groups in total. The first kappa shape index (κ1) is 19.6. The maximum Gasteiger partial charge on any atom is 0.226 e. The van der Waals surface area contributed by atoms with Crippen LogP contribution < -0.4 is 9.47 Å². The third-order valence-electron chi connectivity index (χ3n) is 4.31. The Bertz CT molecular complexity index is 949. The highest BCUT2D eigenvalue weighted by Gasteiger charge is 2.14. The fourth-order valence-corrected chi connectivity index (χ4v) is 2.83. The van der Waals surface area contributed by atoms with Gasteiger partial charge in [-0.3, -0.25) is 9.78 Å². The minimum absolute atomic E-state index is 0.00218. The van der Waals surface area contributed by atoms with Crippen LogP contribution in [-0.4, -0.2) is 29.5 Å². The summed E-state index contributed by atoms with van der Waals surface area (Å²) in [4.78, 5) is 21.1. The lowest BCUT2D eigenvalue weighted by Crippen LogP contribution is -2.06. The van der Waals surface area contributed by atoms with Crippen LogP contribution in [-0.2, 0) is 6.42 Å². The molecule has 0 aliphatic rings. The lowest BCUT2D eigenvalue weighted by Gasteiger charge is -2.10. The fraction of sp³-hybridized carbons (Fsp3) is 0.318. The van der Waals surface area contributed by atoms with Crippen LogP contribution in [0.2, 0.25) is 0 Å². The highest BCUT2D eigenvalue weighted by molar-refractivity contribution is 5.95. The van der Waals surface area contributed by atoms with Crippen molar-refractivity contribution in [2.45, 2.75) is 33.1 Å². The number of carbonyl (C=O) groups is 1. The summed E-state index contributed by atoms with van der Waals surface area (Å²) in [7, 11) is 1.61. The Morgan fingerprint density at radius 2 is 2.07 bits per heavy atom. The van der Waals surface area contributed by atoms with Crippen molar-refractivity contribution in [3.8, 4) is 23.0 Å². The van der Waals surface area contributed by atoms with E-state index in [-0.39, 0.29) is 5.78 Å². The number of oxazole rings is 1. The Kier molecular flexibility index (Phi) is 6.42. The number of methoxy groups -OCH3 is 1. The largest absolute Gasteiger partial charge is 0.493 e. The van der Waals surface area contributed by atoms with Gasteiger partial charge >= 0.3 is 0 Å². The smallest absolute Gasteiger partial charge is 0.226 e. The highest BCUT2D eigenvalue weighted by Crippen LogP contribution is 2.32. The molecule has 3 aromatic rings. The fourth-order valence-electron chi connectivity index (χ4n) is 2.83. The van der Waals surface area contributed by atoms with Gasteiger partial charge in [0, 0.05) is 24.6 Å². The van der Waals surface area contributed by atoms with E-state index in [1.165, 1.54) is 0 Å². The molecule has 3 rings (SSSR count). The summed E-state index contributed by atoms with van der Waals surface area (Å²) in [5.74, 6) is 1.81. The maximum absolute atomic E-state index is 12.4. The molecular formula is C22H24N2O4. The van der Waals surface area contributed by atoms with Crippen molar-refractivity contribution >= 4 is 5.78 Å². The number of aryl methyl sites for hydroxylation is 2. The average molecular weight is 380 g/mol. The number of benzene rings is 1. The molecule has 0 fully saturated rings. The zero-order chi connectivity index (χ0) is 19.9. The normalized spacial score (nSPS) is 10.7. The summed E-state index contributed by atoms with van der Waals surface area (Å²) in [5, 5.41) is 0. The van der Waals surface area contributed by atoms with E-state index in [1.807, 2.05) is 44.2 Å². The molecular weight excluding hydrogens is 356 g/mol. The minimum Gasteiger partial charge on any atom is -0.493 e. The molecule has 0 spiro atoms. The Morgan fingerprint density at radius 1 is 1.21 bits per heavy atom. The number of ketones is 1. The Morgan fingerprint density at radius 3 is 2.82 bits per heavy atom. The van der Waals surface area contributed by atoms with Crippen molar-refractivity contribution in [3.05, 3.63) is 59.7 Å². The van der Waals surface area contributed by atoms with Crippen LogP contribution >= 0.6 is 0 Å². The number of nitrogens with zero attached hydrogens (tertiary/aromatic N) is 2. The third kappa shape index (κ3) is 4.57. The van der Waals surface area contributed by atoms with Crippen molar-refractivity contribution in [1.29, 1.82) is 0 Å². The van der Waals surface area contributed by atoms with Crippen LogP contribution in [0.15, 0.2) is 47.2 Å². The Hall–Kier alpha value is -3.15. The lowest BCUT2D eigenvalue weighted by atomic mass is 10.1. The molecule has 146 valence electrons. The number of carbonyl (C=O) groups excluding carboxylic acids is 1. The van der Waals surface area contributed by atoms with Gasteiger partial charge in [-0.05, 0) is 43.2 Å². The van der Waals surface area contributed by atoms with Crippen LogP contribution in [0, 0.1) is 6.92 Å². The number of pyridine rings is 1. The van der Waals surface area contributed by atoms with E-state index < -0.39 is 0 Å². The van der Waals surface area contributed by atoms with Gasteiger partial charge in [-0.2, -0.15) is 0 Å². The molecule has 0 aliphatic carbocycles. The quantitative estimate of drug-likeness (QED) is 0.503. The first-order valence-corrected chi connectivity index (χ1v) is 9.32. The molecule has 2 heterocycles. The van der Waals surface area contributed by atoms with Gasteiger partial charge in [0.2, 0.25) is 5.89 Å². The first-order chi connectivity index (χ1) is 13.6. The number of rotatable bonds is 9. The molecule has 1 aromatic carbocycles. The SMILES string of the molecule is CCCOc1cc(-c2nc(CCC(=O)c3ncccc3C)co2)ccc1OC. The summed E-state index contributed by atoms with van der Waals surface area (Å²) in [6.07, 6.45) is 4.95. The predicted octanol–water partition coefficient (Wildman–Crippen LogP) is 4.66.